The highest BCUT2D eigenvalue weighted by molar-refractivity contribution is 5.73. The summed E-state index contributed by atoms with van der Waals surface area (Å²) in [6.45, 7) is 5.63. The lowest BCUT2D eigenvalue weighted by molar-refractivity contribution is -0.144. The smallest absolute Gasteiger partial charge is 0.320 e. The highest BCUT2D eigenvalue weighted by Gasteiger charge is 2.27. The van der Waals surface area contributed by atoms with Crippen molar-refractivity contribution in [2.24, 2.45) is 5.73 Å². The molecule has 0 aromatic rings. The summed E-state index contributed by atoms with van der Waals surface area (Å²) in [6.07, 6.45) is 1.39. The van der Waals surface area contributed by atoms with Crippen LogP contribution in [0.25, 0.3) is 0 Å². The molecule has 0 heterocycles. The van der Waals surface area contributed by atoms with Gasteiger partial charge in [-0.1, -0.05) is 6.92 Å². The zero-order valence-electron chi connectivity index (χ0n) is 10.5. The number of methoxy groups -OCH3 is 1. The van der Waals surface area contributed by atoms with Gasteiger partial charge in [0.25, 0.3) is 0 Å². The van der Waals surface area contributed by atoms with E-state index in [9.17, 15) is 9.90 Å². The van der Waals surface area contributed by atoms with Crippen molar-refractivity contribution in [1.82, 2.24) is 4.90 Å². The van der Waals surface area contributed by atoms with Gasteiger partial charge in [0.1, 0.15) is 6.04 Å². The predicted octanol–water partition coefficient (Wildman–Crippen LogP) is 0.535. The van der Waals surface area contributed by atoms with Crippen molar-refractivity contribution >= 4 is 5.97 Å². The maximum absolute atomic E-state index is 11.2. The van der Waals surface area contributed by atoms with Gasteiger partial charge in [-0.25, -0.2) is 0 Å². The summed E-state index contributed by atoms with van der Waals surface area (Å²) in [7, 11) is 1.62. The van der Waals surface area contributed by atoms with Crippen LogP contribution in [0.2, 0.25) is 0 Å². The minimum atomic E-state index is -0.804. The Kier molecular flexibility index (Phi) is 8.15. The SMILES string of the molecule is CCC(C)N(CCOC)C(CCN)C(=O)O. The topological polar surface area (TPSA) is 75.8 Å². The highest BCUT2D eigenvalue weighted by atomic mass is 16.5. The first-order valence-corrected chi connectivity index (χ1v) is 5.76. The van der Waals surface area contributed by atoms with Crippen LogP contribution < -0.4 is 5.73 Å². The van der Waals surface area contributed by atoms with Crippen molar-refractivity contribution in [2.45, 2.75) is 38.8 Å². The lowest BCUT2D eigenvalue weighted by Gasteiger charge is -2.33. The van der Waals surface area contributed by atoms with Crippen LogP contribution in [0.15, 0.2) is 0 Å². The molecule has 0 bridgehead atoms. The van der Waals surface area contributed by atoms with Crippen molar-refractivity contribution < 1.29 is 14.6 Å². The minimum Gasteiger partial charge on any atom is -0.480 e. The Labute approximate surface area is 97.6 Å². The van der Waals surface area contributed by atoms with Gasteiger partial charge >= 0.3 is 5.97 Å². The lowest BCUT2D eigenvalue weighted by atomic mass is 10.1. The van der Waals surface area contributed by atoms with Gasteiger partial charge in [-0.2, -0.15) is 0 Å². The number of nitrogens with two attached hydrogens (primary N) is 1. The fourth-order valence-corrected chi connectivity index (χ4v) is 1.70. The summed E-state index contributed by atoms with van der Waals surface area (Å²) in [5, 5.41) is 9.18. The number of carboxylic acids is 1. The fourth-order valence-electron chi connectivity index (χ4n) is 1.70. The molecule has 0 aliphatic heterocycles. The molecule has 2 unspecified atom stereocenters. The quantitative estimate of drug-likeness (QED) is 0.606. The average Bonchev–Trinajstić information content (AvgIpc) is 2.27. The average molecular weight is 232 g/mol. The first kappa shape index (κ1) is 15.3. The van der Waals surface area contributed by atoms with E-state index in [-0.39, 0.29) is 6.04 Å². The van der Waals surface area contributed by atoms with Gasteiger partial charge in [-0.15, -0.1) is 0 Å². The van der Waals surface area contributed by atoms with Gasteiger partial charge < -0.3 is 15.6 Å². The second kappa shape index (κ2) is 8.50. The Balaban J connectivity index is 4.59. The first-order valence-electron chi connectivity index (χ1n) is 5.76. The lowest BCUT2D eigenvalue weighted by Crippen LogP contribution is -2.48. The molecule has 0 aliphatic carbocycles. The third-order valence-corrected chi connectivity index (χ3v) is 2.84. The standard InChI is InChI=1S/C11H24N2O3/c1-4-9(2)13(7-8-16-3)10(5-6-12)11(14)15/h9-10H,4-8,12H2,1-3H3,(H,14,15). The summed E-state index contributed by atoms with van der Waals surface area (Å²) >= 11 is 0. The number of hydrogen-bond acceptors (Lipinski definition) is 4. The number of hydrogen-bond donors (Lipinski definition) is 2. The van der Waals surface area contributed by atoms with E-state index in [2.05, 4.69) is 0 Å². The van der Waals surface area contributed by atoms with Gasteiger partial charge in [0.2, 0.25) is 0 Å². The van der Waals surface area contributed by atoms with Crippen LogP contribution in [0, 0.1) is 0 Å². The molecule has 2 atom stereocenters. The summed E-state index contributed by atoms with van der Waals surface area (Å²) in [5.74, 6) is -0.804. The molecule has 16 heavy (non-hydrogen) atoms. The highest BCUT2D eigenvalue weighted by Crippen LogP contribution is 2.11. The summed E-state index contributed by atoms with van der Waals surface area (Å²) in [6, 6.07) is -0.280. The number of nitrogens with zero attached hydrogens (tertiary/aromatic N) is 1. The van der Waals surface area contributed by atoms with E-state index in [1.54, 1.807) is 7.11 Å². The number of rotatable bonds is 9. The summed E-state index contributed by atoms with van der Waals surface area (Å²) in [5.41, 5.74) is 5.45. The molecule has 5 nitrogen and oxygen atoms in total. The molecule has 3 N–H and O–H groups in total. The van der Waals surface area contributed by atoms with Crippen LogP contribution in [0.3, 0.4) is 0 Å². The Morgan fingerprint density at radius 1 is 1.56 bits per heavy atom. The molecule has 5 heteroatoms. The normalized spacial score (nSPS) is 15.1. The van der Waals surface area contributed by atoms with Crippen LogP contribution in [0.5, 0.6) is 0 Å². The Hall–Kier alpha value is -0.650. The minimum absolute atomic E-state index is 0.225. The molecule has 0 amide bonds. The zero-order valence-corrected chi connectivity index (χ0v) is 10.5. The van der Waals surface area contributed by atoms with E-state index in [0.717, 1.165) is 6.42 Å². The van der Waals surface area contributed by atoms with Crippen molar-refractivity contribution in [2.75, 3.05) is 26.8 Å². The molecule has 0 aromatic carbocycles. The molecule has 0 aliphatic rings. The maximum atomic E-state index is 11.2. The van der Waals surface area contributed by atoms with Gasteiger partial charge in [0.15, 0.2) is 0 Å². The molecule has 96 valence electrons. The predicted molar refractivity (Wildman–Crippen MR) is 63.4 cm³/mol. The van der Waals surface area contributed by atoms with Gasteiger partial charge in [-0.05, 0) is 26.3 Å². The molecular formula is C11H24N2O3. The Morgan fingerprint density at radius 3 is 2.56 bits per heavy atom. The molecule has 0 radical (unpaired) electrons. The van der Waals surface area contributed by atoms with E-state index in [1.165, 1.54) is 0 Å². The van der Waals surface area contributed by atoms with Crippen molar-refractivity contribution in [1.29, 1.82) is 0 Å². The molecule has 0 saturated carbocycles. The third kappa shape index (κ3) is 4.92. The Bertz CT molecular complexity index is 200. The van der Waals surface area contributed by atoms with E-state index in [4.69, 9.17) is 10.5 Å². The fraction of sp³-hybridized carbons (Fsp3) is 0.909. The number of ether oxygens (including phenoxy) is 1. The number of aliphatic carboxylic acids is 1. The van der Waals surface area contributed by atoms with Crippen molar-refractivity contribution in [3.05, 3.63) is 0 Å². The second-order valence-electron chi connectivity index (χ2n) is 3.92. The van der Waals surface area contributed by atoms with Crippen LogP contribution >= 0.6 is 0 Å². The van der Waals surface area contributed by atoms with Gasteiger partial charge in [-0.3, -0.25) is 9.69 Å². The molecule has 0 saturated heterocycles. The second-order valence-corrected chi connectivity index (χ2v) is 3.92. The molecular weight excluding hydrogens is 208 g/mol. The Morgan fingerprint density at radius 2 is 2.19 bits per heavy atom. The van der Waals surface area contributed by atoms with Crippen LogP contribution in [-0.2, 0) is 9.53 Å². The largest absolute Gasteiger partial charge is 0.480 e. The van der Waals surface area contributed by atoms with Gasteiger partial charge in [0, 0.05) is 19.7 Å². The molecule has 0 fully saturated rings. The van der Waals surface area contributed by atoms with Crippen LogP contribution in [-0.4, -0.2) is 54.9 Å². The first-order chi connectivity index (χ1) is 7.58. The third-order valence-electron chi connectivity index (χ3n) is 2.84. The van der Waals surface area contributed by atoms with Gasteiger partial charge in [0.05, 0.1) is 6.61 Å². The van der Waals surface area contributed by atoms with Crippen LogP contribution in [0.1, 0.15) is 26.7 Å². The molecule has 0 aromatic heterocycles. The monoisotopic (exact) mass is 232 g/mol. The summed E-state index contributed by atoms with van der Waals surface area (Å²) in [4.78, 5) is 13.1. The van der Waals surface area contributed by atoms with E-state index in [1.807, 2.05) is 18.7 Å². The zero-order chi connectivity index (χ0) is 12.6. The van der Waals surface area contributed by atoms with E-state index < -0.39 is 12.0 Å². The van der Waals surface area contributed by atoms with Crippen molar-refractivity contribution in [3.8, 4) is 0 Å². The molecule has 0 spiro atoms. The maximum Gasteiger partial charge on any atom is 0.320 e. The number of carbonyl (C=O) groups is 1. The van der Waals surface area contributed by atoms with Crippen molar-refractivity contribution in [3.63, 3.8) is 0 Å². The summed E-state index contributed by atoms with van der Waals surface area (Å²) < 4.78 is 5.01. The number of carboxylic acid groups (broad SMARTS) is 1. The van der Waals surface area contributed by atoms with E-state index >= 15 is 0 Å². The molecule has 0 rings (SSSR count). The van der Waals surface area contributed by atoms with E-state index in [0.29, 0.717) is 26.1 Å². The van der Waals surface area contributed by atoms with Crippen LogP contribution in [0.4, 0.5) is 0 Å².